The Labute approximate surface area is 113 Å². The fraction of sp³-hybridized carbons (Fsp3) is 0.833. The second-order valence-corrected chi connectivity index (χ2v) is 5.67. The molecule has 0 saturated heterocycles. The number of rotatable bonds is 9. The molecule has 0 amide bonds. The Morgan fingerprint density at radius 3 is 2.71 bits per heavy atom. The molecular weight excluding hydrogens is 256 g/mol. The van der Waals surface area contributed by atoms with Gasteiger partial charge >= 0.3 is 5.97 Å². The minimum absolute atomic E-state index is 0.126. The molecule has 0 aliphatic carbocycles. The number of hydrogen-bond acceptors (Lipinski definition) is 4. The molecule has 17 heavy (non-hydrogen) atoms. The van der Waals surface area contributed by atoms with Crippen molar-refractivity contribution in [2.24, 2.45) is 5.92 Å². The van der Waals surface area contributed by atoms with Crippen LogP contribution >= 0.6 is 24.0 Å². The van der Waals surface area contributed by atoms with Crippen molar-refractivity contribution in [3.05, 3.63) is 0 Å². The van der Waals surface area contributed by atoms with Gasteiger partial charge in [0.05, 0.1) is 13.0 Å². The molecule has 1 N–H and O–H groups in total. The first kappa shape index (κ1) is 16.7. The van der Waals surface area contributed by atoms with Gasteiger partial charge < -0.3 is 9.84 Å². The van der Waals surface area contributed by atoms with Gasteiger partial charge in [0.15, 0.2) is 0 Å². The Morgan fingerprint density at radius 2 is 2.18 bits per heavy atom. The van der Waals surface area contributed by atoms with Crippen LogP contribution in [-0.2, 0) is 9.53 Å². The molecule has 100 valence electrons. The van der Waals surface area contributed by atoms with E-state index in [0.29, 0.717) is 22.7 Å². The number of unbranched alkanes of at least 4 members (excludes halogenated alkanes) is 1. The van der Waals surface area contributed by atoms with Crippen LogP contribution in [0.3, 0.4) is 0 Å². The van der Waals surface area contributed by atoms with E-state index < -0.39 is 5.97 Å². The third-order valence-corrected chi connectivity index (χ3v) is 3.75. The molecule has 0 aliphatic rings. The van der Waals surface area contributed by atoms with Crippen LogP contribution in [0.4, 0.5) is 0 Å². The number of aliphatic carboxylic acids is 1. The smallest absolute Gasteiger partial charge is 0.304 e. The zero-order chi connectivity index (χ0) is 13.1. The van der Waals surface area contributed by atoms with E-state index in [9.17, 15) is 4.79 Å². The van der Waals surface area contributed by atoms with Gasteiger partial charge in [-0.05, 0) is 24.6 Å². The molecule has 0 aromatic rings. The maximum absolute atomic E-state index is 10.3. The minimum atomic E-state index is -0.797. The van der Waals surface area contributed by atoms with Crippen molar-refractivity contribution in [1.82, 2.24) is 0 Å². The SMILES string of the molecule is CCCCC(CC)COC(=S)SCCC(=O)O. The van der Waals surface area contributed by atoms with Crippen LogP contribution in [0.5, 0.6) is 0 Å². The molecule has 0 heterocycles. The highest BCUT2D eigenvalue weighted by atomic mass is 32.2. The van der Waals surface area contributed by atoms with E-state index in [1.54, 1.807) is 0 Å². The van der Waals surface area contributed by atoms with E-state index in [1.807, 2.05) is 0 Å². The average molecular weight is 278 g/mol. The van der Waals surface area contributed by atoms with Crippen LogP contribution in [0.15, 0.2) is 0 Å². The standard InChI is InChI=1S/C12H22O3S2/c1-3-5-6-10(4-2)9-15-12(16)17-8-7-11(13)14/h10H,3-9H2,1-2H3,(H,13,14). The van der Waals surface area contributed by atoms with Gasteiger partial charge in [0.25, 0.3) is 0 Å². The first-order valence-corrected chi connectivity index (χ1v) is 7.50. The highest BCUT2D eigenvalue weighted by Gasteiger charge is 2.08. The molecule has 1 atom stereocenters. The van der Waals surface area contributed by atoms with Crippen molar-refractivity contribution in [2.45, 2.75) is 46.0 Å². The number of thiocarbonyl (C=S) groups is 1. The number of thioether (sulfide) groups is 1. The lowest BCUT2D eigenvalue weighted by Crippen LogP contribution is -2.11. The average Bonchev–Trinajstić information content (AvgIpc) is 2.29. The van der Waals surface area contributed by atoms with Crippen molar-refractivity contribution in [1.29, 1.82) is 0 Å². The van der Waals surface area contributed by atoms with Crippen molar-refractivity contribution in [2.75, 3.05) is 12.4 Å². The molecule has 0 aromatic heterocycles. The Hall–Kier alpha value is -0.290. The van der Waals surface area contributed by atoms with E-state index in [0.717, 1.165) is 6.42 Å². The molecule has 0 radical (unpaired) electrons. The zero-order valence-electron chi connectivity index (χ0n) is 10.6. The summed E-state index contributed by atoms with van der Waals surface area (Å²) in [6.45, 7) is 5.00. The zero-order valence-corrected chi connectivity index (χ0v) is 12.2. The monoisotopic (exact) mass is 278 g/mol. The molecule has 0 rings (SSSR count). The van der Waals surface area contributed by atoms with E-state index in [1.165, 1.54) is 31.0 Å². The second kappa shape index (κ2) is 10.8. The lowest BCUT2D eigenvalue weighted by molar-refractivity contribution is -0.136. The van der Waals surface area contributed by atoms with Gasteiger partial charge in [-0.1, -0.05) is 44.9 Å². The normalized spacial score (nSPS) is 12.1. The van der Waals surface area contributed by atoms with Gasteiger partial charge in [0.1, 0.15) is 0 Å². The Balaban J connectivity index is 3.62. The van der Waals surface area contributed by atoms with Gasteiger partial charge in [0, 0.05) is 5.75 Å². The van der Waals surface area contributed by atoms with Gasteiger partial charge in [-0.2, -0.15) is 0 Å². The van der Waals surface area contributed by atoms with Gasteiger partial charge in [-0.25, -0.2) is 0 Å². The first-order valence-electron chi connectivity index (χ1n) is 6.11. The number of carbonyl (C=O) groups is 1. The van der Waals surface area contributed by atoms with Crippen LogP contribution in [0, 0.1) is 5.92 Å². The summed E-state index contributed by atoms with van der Waals surface area (Å²) in [5, 5.41) is 8.48. The van der Waals surface area contributed by atoms with Crippen molar-refractivity contribution >= 4 is 34.3 Å². The molecule has 0 fully saturated rings. The highest BCUT2D eigenvalue weighted by molar-refractivity contribution is 8.22. The fourth-order valence-corrected chi connectivity index (χ4v) is 2.26. The summed E-state index contributed by atoms with van der Waals surface area (Å²) in [5.41, 5.74) is 0. The van der Waals surface area contributed by atoms with E-state index in [2.05, 4.69) is 13.8 Å². The fourth-order valence-electron chi connectivity index (χ4n) is 1.35. The van der Waals surface area contributed by atoms with Gasteiger partial charge in [-0.15, -0.1) is 0 Å². The van der Waals surface area contributed by atoms with Crippen molar-refractivity contribution < 1.29 is 14.6 Å². The molecule has 0 saturated carbocycles. The molecule has 0 aromatic carbocycles. The largest absolute Gasteiger partial charge is 0.481 e. The Morgan fingerprint density at radius 1 is 1.47 bits per heavy atom. The van der Waals surface area contributed by atoms with E-state index in [-0.39, 0.29) is 6.42 Å². The number of carboxylic acids is 1. The first-order chi connectivity index (χ1) is 8.10. The maximum atomic E-state index is 10.3. The molecule has 5 heteroatoms. The second-order valence-electron chi connectivity index (χ2n) is 3.97. The number of hydrogen-bond donors (Lipinski definition) is 1. The molecule has 1 unspecified atom stereocenters. The third-order valence-electron chi connectivity index (χ3n) is 2.52. The van der Waals surface area contributed by atoms with Crippen LogP contribution in [-0.4, -0.2) is 27.8 Å². The molecule has 3 nitrogen and oxygen atoms in total. The van der Waals surface area contributed by atoms with Crippen LogP contribution < -0.4 is 0 Å². The number of carboxylic acid groups (broad SMARTS) is 1. The molecule has 0 aliphatic heterocycles. The van der Waals surface area contributed by atoms with Crippen LogP contribution in [0.2, 0.25) is 0 Å². The van der Waals surface area contributed by atoms with E-state index >= 15 is 0 Å². The van der Waals surface area contributed by atoms with E-state index in [4.69, 9.17) is 22.1 Å². The lowest BCUT2D eigenvalue weighted by Gasteiger charge is -2.15. The summed E-state index contributed by atoms with van der Waals surface area (Å²) in [6, 6.07) is 0. The topological polar surface area (TPSA) is 46.5 Å². The van der Waals surface area contributed by atoms with Crippen molar-refractivity contribution in [3.63, 3.8) is 0 Å². The predicted octanol–water partition coefficient (Wildman–Crippen LogP) is 3.71. The summed E-state index contributed by atoms with van der Waals surface area (Å²) < 4.78 is 5.95. The minimum Gasteiger partial charge on any atom is -0.481 e. The summed E-state index contributed by atoms with van der Waals surface area (Å²) in [7, 11) is 0. The molecule has 0 spiro atoms. The Bertz CT molecular complexity index is 232. The summed E-state index contributed by atoms with van der Waals surface area (Å²) >= 11 is 6.34. The molecular formula is C12H22O3S2. The van der Waals surface area contributed by atoms with Crippen LogP contribution in [0.1, 0.15) is 46.0 Å². The lowest BCUT2D eigenvalue weighted by atomic mass is 10.0. The quantitative estimate of drug-likeness (QED) is 0.651. The third kappa shape index (κ3) is 10.6. The van der Waals surface area contributed by atoms with Crippen molar-refractivity contribution in [3.8, 4) is 0 Å². The number of ether oxygens (including phenoxy) is 1. The molecule has 0 bridgehead atoms. The summed E-state index contributed by atoms with van der Waals surface area (Å²) in [6.07, 6.45) is 4.83. The highest BCUT2D eigenvalue weighted by Crippen LogP contribution is 2.15. The maximum Gasteiger partial charge on any atom is 0.304 e. The van der Waals surface area contributed by atoms with Gasteiger partial charge in [0.2, 0.25) is 4.38 Å². The summed E-state index contributed by atoms with van der Waals surface area (Å²) in [5.74, 6) is 0.252. The van der Waals surface area contributed by atoms with Crippen LogP contribution in [0.25, 0.3) is 0 Å². The summed E-state index contributed by atoms with van der Waals surface area (Å²) in [4.78, 5) is 10.3. The predicted molar refractivity (Wildman–Crippen MR) is 76.6 cm³/mol. The Kier molecular flexibility index (Phi) is 10.7. The van der Waals surface area contributed by atoms with Gasteiger partial charge in [-0.3, -0.25) is 4.79 Å².